The molecular weight excluding hydrogens is 406 g/mol. The van der Waals surface area contributed by atoms with Crippen molar-refractivity contribution in [3.05, 3.63) is 53.9 Å². The molecule has 4 rings (SSSR count). The molecule has 1 N–H and O–H groups in total. The molecule has 1 aliphatic carbocycles. The van der Waals surface area contributed by atoms with Gasteiger partial charge in [-0.1, -0.05) is 19.3 Å². The molecule has 1 saturated heterocycles. The summed E-state index contributed by atoms with van der Waals surface area (Å²) in [6, 6.07) is 9.05. The Morgan fingerprint density at radius 3 is 2.53 bits per heavy atom. The van der Waals surface area contributed by atoms with Crippen molar-refractivity contribution in [3.63, 3.8) is 0 Å². The lowest BCUT2D eigenvalue weighted by atomic mass is 9.67. The largest absolute Gasteiger partial charge is 0.497 e. The van der Waals surface area contributed by atoms with Crippen molar-refractivity contribution in [2.75, 3.05) is 27.3 Å². The summed E-state index contributed by atoms with van der Waals surface area (Å²) in [7, 11) is 3.22. The summed E-state index contributed by atoms with van der Waals surface area (Å²) >= 11 is 0. The van der Waals surface area contributed by atoms with E-state index in [0.717, 1.165) is 31.2 Å². The molecule has 1 atom stereocenters. The third-order valence-corrected chi connectivity index (χ3v) is 6.98. The standard InChI is InChI=1S/C25H31N3O4/c1-31-20-7-6-19(22(14-20)32-2)15-27-23(29)21-16-28(17-25(21)10-4-3-5-11-25)24(30)18-8-12-26-13-9-18/h6-9,12-14,21H,3-5,10-11,15-17H2,1-2H3,(H,27,29). The Morgan fingerprint density at radius 1 is 1.09 bits per heavy atom. The first kappa shape index (κ1) is 22.1. The van der Waals surface area contributed by atoms with Crippen molar-refractivity contribution < 1.29 is 19.1 Å². The highest BCUT2D eigenvalue weighted by Gasteiger charge is 2.51. The van der Waals surface area contributed by atoms with Crippen molar-refractivity contribution in [1.82, 2.24) is 15.2 Å². The van der Waals surface area contributed by atoms with Gasteiger partial charge in [0.1, 0.15) is 11.5 Å². The summed E-state index contributed by atoms with van der Waals surface area (Å²) < 4.78 is 10.7. The Balaban J connectivity index is 1.50. The van der Waals surface area contributed by atoms with Crippen LogP contribution in [0.2, 0.25) is 0 Å². The average molecular weight is 438 g/mol. The van der Waals surface area contributed by atoms with E-state index in [2.05, 4.69) is 10.3 Å². The predicted octanol–water partition coefficient (Wildman–Crippen LogP) is 3.44. The molecule has 2 aliphatic rings. The van der Waals surface area contributed by atoms with Gasteiger partial charge in [-0.3, -0.25) is 14.6 Å². The quantitative estimate of drug-likeness (QED) is 0.749. The lowest BCUT2D eigenvalue weighted by Gasteiger charge is -2.37. The van der Waals surface area contributed by atoms with Crippen LogP contribution in [0, 0.1) is 11.3 Å². The van der Waals surface area contributed by atoms with Crippen molar-refractivity contribution >= 4 is 11.8 Å². The number of aromatic nitrogens is 1. The van der Waals surface area contributed by atoms with Crippen LogP contribution in [-0.4, -0.2) is 49.0 Å². The zero-order valence-corrected chi connectivity index (χ0v) is 18.8. The van der Waals surface area contributed by atoms with Gasteiger partial charge in [0.25, 0.3) is 5.91 Å². The highest BCUT2D eigenvalue weighted by atomic mass is 16.5. The second-order valence-corrected chi connectivity index (χ2v) is 8.79. The van der Waals surface area contributed by atoms with Gasteiger partial charge >= 0.3 is 0 Å². The van der Waals surface area contributed by atoms with Crippen molar-refractivity contribution in [3.8, 4) is 11.5 Å². The number of likely N-dealkylation sites (tertiary alicyclic amines) is 1. The minimum atomic E-state index is -0.210. The van der Waals surface area contributed by atoms with Gasteiger partial charge in [0.15, 0.2) is 0 Å². The molecule has 0 radical (unpaired) electrons. The number of nitrogens with zero attached hydrogens (tertiary/aromatic N) is 2. The first-order valence-electron chi connectivity index (χ1n) is 11.2. The number of amides is 2. The van der Waals surface area contributed by atoms with Crippen LogP contribution in [0.3, 0.4) is 0 Å². The van der Waals surface area contributed by atoms with Crippen LogP contribution < -0.4 is 14.8 Å². The van der Waals surface area contributed by atoms with E-state index < -0.39 is 0 Å². The SMILES string of the molecule is COc1ccc(CNC(=O)C2CN(C(=O)c3ccncc3)CC23CCCCC3)c(OC)c1. The molecule has 1 spiro atoms. The Morgan fingerprint density at radius 2 is 1.84 bits per heavy atom. The first-order valence-corrected chi connectivity index (χ1v) is 11.2. The van der Waals surface area contributed by atoms with Crippen molar-refractivity contribution in [1.29, 1.82) is 0 Å². The van der Waals surface area contributed by atoms with E-state index in [1.807, 2.05) is 23.1 Å². The molecule has 2 aromatic rings. The molecule has 1 aromatic carbocycles. The summed E-state index contributed by atoms with van der Waals surface area (Å²) in [6.07, 6.45) is 8.63. The van der Waals surface area contributed by atoms with Gasteiger partial charge in [-0.15, -0.1) is 0 Å². The number of hydrogen-bond acceptors (Lipinski definition) is 5. The molecule has 2 heterocycles. The number of carbonyl (C=O) groups excluding carboxylic acids is 2. The third kappa shape index (κ3) is 4.42. The maximum atomic E-state index is 13.4. The molecular formula is C25H31N3O4. The lowest BCUT2D eigenvalue weighted by Crippen LogP contribution is -2.42. The van der Waals surface area contributed by atoms with Gasteiger partial charge in [0, 0.05) is 54.6 Å². The number of methoxy groups -OCH3 is 2. The zero-order valence-electron chi connectivity index (χ0n) is 18.8. The zero-order chi connectivity index (χ0) is 22.6. The summed E-state index contributed by atoms with van der Waals surface area (Å²) in [6.45, 7) is 1.46. The van der Waals surface area contributed by atoms with Gasteiger partial charge in [-0.05, 0) is 37.1 Å². The molecule has 2 amide bonds. The van der Waals surface area contributed by atoms with Gasteiger partial charge < -0.3 is 19.7 Å². The molecule has 2 fully saturated rings. The summed E-state index contributed by atoms with van der Waals surface area (Å²) in [4.78, 5) is 32.4. The fourth-order valence-electron chi connectivity index (χ4n) is 5.23. The van der Waals surface area contributed by atoms with Crippen LogP contribution in [0.25, 0.3) is 0 Å². The number of hydrogen-bond donors (Lipinski definition) is 1. The lowest BCUT2D eigenvalue weighted by molar-refractivity contribution is -0.128. The second kappa shape index (κ2) is 9.59. The molecule has 1 saturated carbocycles. The highest BCUT2D eigenvalue weighted by Crippen LogP contribution is 2.48. The Kier molecular flexibility index (Phi) is 6.63. The van der Waals surface area contributed by atoms with Crippen LogP contribution in [0.1, 0.15) is 48.0 Å². The van der Waals surface area contributed by atoms with Crippen molar-refractivity contribution in [2.24, 2.45) is 11.3 Å². The molecule has 170 valence electrons. The maximum Gasteiger partial charge on any atom is 0.254 e. The number of rotatable bonds is 6. The first-order chi connectivity index (χ1) is 15.6. The fraction of sp³-hybridized carbons (Fsp3) is 0.480. The second-order valence-electron chi connectivity index (χ2n) is 8.79. The maximum absolute atomic E-state index is 13.4. The van der Waals surface area contributed by atoms with E-state index in [-0.39, 0.29) is 23.1 Å². The van der Waals surface area contributed by atoms with Crippen LogP contribution in [0.15, 0.2) is 42.7 Å². The number of benzene rings is 1. The van der Waals surface area contributed by atoms with E-state index in [4.69, 9.17) is 9.47 Å². The number of ether oxygens (including phenoxy) is 2. The smallest absolute Gasteiger partial charge is 0.254 e. The molecule has 7 heteroatoms. The number of pyridine rings is 1. The van der Waals surface area contributed by atoms with E-state index in [1.165, 1.54) is 6.42 Å². The fourth-order valence-corrected chi connectivity index (χ4v) is 5.23. The van der Waals surface area contributed by atoms with Crippen LogP contribution in [-0.2, 0) is 11.3 Å². The van der Waals surface area contributed by atoms with Crippen molar-refractivity contribution in [2.45, 2.75) is 38.6 Å². The van der Waals surface area contributed by atoms with Crippen LogP contribution in [0.5, 0.6) is 11.5 Å². The minimum Gasteiger partial charge on any atom is -0.497 e. The van der Waals surface area contributed by atoms with Gasteiger partial charge in [0.05, 0.1) is 20.1 Å². The minimum absolute atomic E-state index is 0.00907. The molecule has 0 bridgehead atoms. The van der Waals surface area contributed by atoms with Crippen LogP contribution in [0.4, 0.5) is 0 Å². The summed E-state index contributed by atoms with van der Waals surface area (Å²) in [5.74, 6) is 1.16. The van der Waals surface area contributed by atoms with Gasteiger partial charge in [-0.2, -0.15) is 0 Å². The third-order valence-electron chi connectivity index (χ3n) is 6.98. The van der Waals surface area contributed by atoms with Gasteiger partial charge in [0.2, 0.25) is 5.91 Å². The molecule has 7 nitrogen and oxygen atoms in total. The topological polar surface area (TPSA) is 80.8 Å². The Bertz CT molecular complexity index is 957. The molecule has 32 heavy (non-hydrogen) atoms. The summed E-state index contributed by atoms with van der Waals surface area (Å²) in [5, 5.41) is 3.12. The van der Waals surface area contributed by atoms with Gasteiger partial charge in [-0.25, -0.2) is 0 Å². The molecule has 1 aliphatic heterocycles. The van der Waals surface area contributed by atoms with Crippen LogP contribution >= 0.6 is 0 Å². The highest BCUT2D eigenvalue weighted by molar-refractivity contribution is 5.95. The predicted molar refractivity (Wildman–Crippen MR) is 121 cm³/mol. The number of nitrogens with one attached hydrogen (secondary N) is 1. The van der Waals surface area contributed by atoms with E-state index in [1.54, 1.807) is 38.7 Å². The molecule has 1 aromatic heterocycles. The monoisotopic (exact) mass is 437 g/mol. The molecule has 1 unspecified atom stereocenters. The summed E-state index contributed by atoms with van der Waals surface area (Å²) in [5.41, 5.74) is 1.37. The normalized spacial score (nSPS) is 19.6. The Labute approximate surface area is 189 Å². The van der Waals surface area contributed by atoms with E-state index in [9.17, 15) is 9.59 Å². The average Bonchev–Trinajstić information content (AvgIpc) is 3.21. The Hall–Kier alpha value is -3.09. The number of carbonyl (C=O) groups is 2. The van der Waals surface area contributed by atoms with E-state index in [0.29, 0.717) is 36.7 Å². The van der Waals surface area contributed by atoms with E-state index >= 15 is 0 Å².